The fourth-order valence-corrected chi connectivity index (χ4v) is 2.28. The first-order valence-corrected chi connectivity index (χ1v) is 7.74. The molecule has 0 fully saturated rings. The third-order valence-electron chi connectivity index (χ3n) is 2.98. The zero-order valence-corrected chi connectivity index (χ0v) is 13.9. The number of aryl methyl sites for hydroxylation is 2. The summed E-state index contributed by atoms with van der Waals surface area (Å²) in [5.41, 5.74) is 2.34. The summed E-state index contributed by atoms with van der Waals surface area (Å²) in [4.78, 5) is 35.2. The number of imide groups is 1. The molecule has 0 saturated heterocycles. The minimum absolute atomic E-state index is 0.0973. The van der Waals surface area contributed by atoms with E-state index in [1.165, 1.54) is 31.3 Å². The van der Waals surface area contributed by atoms with Crippen LogP contribution in [0.4, 0.5) is 4.79 Å². The van der Waals surface area contributed by atoms with Crippen LogP contribution >= 0.6 is 11.8 Å². The van der Waals surface area contributed by atoms with E-state index < -0.39 is 24.0 Å². The van der Waals surface area contributed by atoms with Crippen LogP contribution in [0.5, 0.6) is 0 Å². The van der Waals surface area contributed by atoms with Crippen molar-refractivity contribution in [2.24, 2.45) is 0 Å². The molecule has 0 saturated carbocycles. The molecule has 1 atom stereocenters. The fourth-order valence-electron chi connectivity index (χ4n) is 1.51. The van der Waals surface area contributed by atoms with Gasteiger partial charge in [0.25, 0.3) is 5.91 Å². The van der Waals surface area contributed by atoms with Crippen LogP contribution in [-0.4, -0.2) is 36.8 Å². The Bertz CT molecular complexity index is 575. The maximum absolute atomic E-state index is 11.7. The average molecular weight is 324 g/mol. The highest BCUT2D eigenvalue weighted by atomic mass is 32.2. The quantitative estimate of drug-likeness (QED) is 0.637. The molecule has 0 heterocycles. The topological polar surface area (TPSA) is 84.5 Å². The molecule has 22 heavy (non-hydrogen) atoms. The lowest BCUT2D eigenvalue weighted by Gasteiger charge is -2.12. The highest BCUT2D eigenvalue weighted by molar-refractivity contribution is 8.00. The molecular weight excluding hydrogens is 304 g/mol. The average Bonchev–Trinajstić information content (AvgIpc) is 2.48. The van der Waals surface area contributed by atoms with Gasteiger partial charge in [-0.3, -0.25) is 14.9 Å². The number of rotatable bonds is 5. The molecule has 0 bridgehead atoms. The summed E-state index contributed by atoms with van der Waals surface area (Å²) in [5.74, 6) is -1.08. The van der Waals surface area contributed by atoms with Crippen LogP contribution in [-0.2, 0) is 14.3 Å². The van der Waals surface area contributed by atoms with Gasteiger partial charge in [0.15, 0.2) is 6.10 Å². The second-order valence-corrected chi connectivity index (χ2v) is 5.78. The lowest BCUT2D eigenvalue weighted by molar-refractivity contribution is -0.151. The number of thioether (sulfide) groups is 1. The summed E-state index contributed by atoms with van der Waals surface area (Å²) in [6, 6.07) is 5.27. The molecule has 1 aromatic rings. The molecule has 0 aliphatic heterocycles. The number of benzene rings is 1. The van der Waals surface area contributed by atoms with Crippen molar-refractivity contribution in [3.05, 3.63) is 29.3 Å². The number of nitrogens with one attached hydrogen (secondary N) is 2. The summed E-state index contributed by atoms with van der Waals surface area (Å²) in [7, 11) is 1.39. The van der Waals surface area contributed by atoms with Crippen molar-refractivity contribution < 1.29 is 19.1 Å². The van der Waals surface area contributed by atoms with Gasteiger partial charge in [-0.2, -0.15) is 0 Å². The molecule has 120 valence electrons. The van der Waals surface area contributed by atoms with E-state index in [1.54, 1.807) is 0 Å². The van der Waals surface area contributed by atoms with Crippen molar-refractivity contribution >= 4 is 29.7 Å². The number of amides is 3. The highest BCUT2D eigenvalue weighted by Gasteiger charge is 2.19. The molecule has 0 aliphatic carbocycles. The van der Waals surface area contributed by atoms with Crippen LogP contribution in [0.15, 0.2) is 23.1 Å². The lowest BCUT2D eigenvalue weighted by atomic mass is 10.1. The predicted molar refractivity (Wildman–Crippen MR) is 84.8 cm³/mol. The standard InChI is InChI=1S/C15H20N2O4S/c1-9-5-6-12(7-10(9)2)22-8-13(18)21-11(3)14(19)17-15(20)16-4/h5-7,11H,8H2,1-4H3,(H2,16,17,19,20)/t11-/m1/s1. The van der Waals surface area contributed by atoms with E-state index in [0.29, 0.717) is 0 Å². The molecule has 0 unspecified atom stereocenters. The van der Waals surface area contributed by atoms with Crippen molar-refractivity contribution in [3.63, 3.8) is 0 Å². The Hall–Kier alpha value is -2.02. The van der Waals surface area contributed by atoms with Crippen LogP contribution in [0.1, 0.15) is 18.1 Å². The Labute approximate surface area is 134 Å². The lowest BCUT2D eigenvalue weighted by Crippen LogP contribution is -2.43. The number of esters is 1. The monoisotopic (exact) mass is 324 g/mol. The summed E-state index contributed by atoms with van der Waals surface area (Å²) in [6.45, 7) is 5.44. The molecule has 1 aromatic carbocycles. The first-order chi connectivity index (χ1) is 10.3. The van der Waals surface area contributed by atoms with E-state index in [0.717, 1.165) is 10.5 Å². The van der Waals surface area contributed by atoms with E-state index in [4.69, 9.17) is 4.74 Å². The van der Waals surface area contributed by atoms with Gasteiger partial charge in [-0.1, -0.05) is 6.07 Å². The van der Waals surface area contributed by atoms with Crippen LogP contribution in [0, 0.1) is 13.8 Å². The summed E-state index contributed by atoms with van der Waals surface area (Å²) < 4.78 is 4.98. The van der Waals surface area contributed by atoms with Crippen LogP contribution in [0.3, 0.4) is 0 Å². The maximum Gasteiger partial charge on any atom is 0.321 e. The van der Waals surface area contributed by atoms with Gasteiger partial charge in [0.1, 0.15) is 0 Å². The minimum atomic E-state index is -1.02. The molecule has 0 aromatic heterocycles. The smallest absolute Gasteiger partial charge is 0.321 e. The Kier molecular flexibility index (Phi) is 6.91. The highest BCUT2D eigenvalue weighted by Crippen LogP contribution is 2.21. The Morgan fingerprint density at radius 3 is 2.50 bits per heavy atom. The van der Waals surface area contributed by atoms with Crippen molar-refractivity contribution in [3.8, 4) is 0 Å². The fraction of sp³-hybridized carbons (Fsp3) is 0.400. The zero-order chi connectivity index (χ0) is 16.7. The SMILES string of the molecule is CNC(=O)NC(=O)[C@@H](C)OC(=O)CSc1ccc(C)c(C)c1. The van der Waals surface area contributed by atoms with Gasteiger partial charge in [-0.15, -0.1) is 11.8 Å². The number of ether oxygens (including phenoxy) is 1. The largest absolute Gasteiger partial charge is 0.452 e. The van der Waals surface area contributed by atoms with Gasteiger partial charge in [-0.05, 0) is 44.0 Å². The van der Waals surface area contributed by atoms with Gasteiger partial charge >= 0.3 is 12.0 Å². The summed E-state index contributed by atoms with van der Waals surface area (Å²) in [6.07, 6.45) is -1.02. The molecule has 3 amide bonds. The van der Waals surface area contributed by atoms with E-state index in [2.05, 4.69) is 5.32 Å². The van der Waals surface area contributed by atoms with Crippen molar-refractivity contribution in [2.75, 3.05) is 12.8 Å². The van der Waals surface area contributed by atoms with Gasteiger partial charge in [0.2, 0.25) is 0 Å². The van der Waals surface area contributed by atoms with Gasteiger partial charge in [0, 0.05) is 11.9 Å². The van der Waals surface area contributed by atoms with Crippen molar-refractivity contribution in [1.29, 1.82) is 0 Å². The molecule has 0 spiro atoms. The summed E-state index contributed by atoms with van der Waals surface area (Å²) in [5, 5.41) is 4.29. The first kappa shape index (κ1) is 18.0. The van der Waals surface area contributed by atoms with E-state index in [9.17, 15) is 14.4 Å². The zero-order valence-electron chi connectivity index (χ0n) is 13.1. The Morgan fingerprint density at radius 2 is 1.91 bits per heavy atom. The molecule has 2 N–H and O–H groups in total. The van der Waals surface area contributed by atoms with E-state index >= 15 is 0 Å². The summed E-state index contributed by atoms with van der Waals surface area (Å²) >= 11 is 1.34. The second kappa shape index (κ2) is 8.43. The van der Waals surface area contributed by atoms with Gasteiger partial charge < -0.3 is 10.1 Å². The number of urea groups is 1. The third kappa shape index (κ3) is 5.77. The van der Waals surface area contributed by atoms with Crippen LogP contribution < -0.4 is 10.6 Å². The third-order valence-corrected chi connectivity index (χ3v) is 3.94. The molecule has 0 radical (unpaired) electrons. The predicted octanol–water partition coefficient (Wildman–Crippen LogP) is 1.78. The van der Waals surface area contributed by atoms with Crippen molar-refractivity contribution in [1.82, 2.24) is 10.6 Å². The number of carbonyl (C=O) groups excluding carboxylic acids is 3. The Morgan fingerprint density at radius 1 is 1.23 bits per heavy atom. The number of hydrogen-bond donors (Lipinski definition) is 2. The van der Waals surface area contributed by atoms with Gasteiger partial charge in [0.05, 0.1) is 5.75 Å². The molecule has 0 aliphatic rings. The van der Waals surface area contributed by atoms with Crippen LogP contribution in [0.25, 0.3) is 0 Å². The normalized spacial score (nSPS) is 11.5. The first-order valence-electron chi connectivity index (χ1n) is 6.75. The maximum atomic E-state index is 11.7. The molecule has 6 nitrogen and oxygen atoms in total. The molecular formula is C15H20N2O4S. The van der Waals surface area contributed by atoms with Gasteiger partial charge in [-0.25, -0.2) is 4.79 Å². The Balaban J connectivity index is 2.43. The van der Waals surface area contributed by atoms with Crippen LogP contribution in [0.2, 0.25) is 0 Å². The minimum Gasteiger partial charge on any atom is -0.452 e. The molecule has 1 rings (SSSR count). The number of hydrogen-bond acceptors (Lipinski definition) is 5. The van der Waals surface area contributed by atoms with Crippen molar-refractivity contribution in [2.45, 2.75) is 31.8 Å². The van der Waals surface area contributed by atoms with E-state index in [1.807, 2.05) is 37.4 Å². The van der Waals surface area contributed by atoms with E-state index in [-0.39, 0.29) is 5.75 Å². The number of carbonyl (C=O) groups is 3. The molecule has 7 heteroatoms. The second-order valence-electron chi connectivity index (χ2n) is 4.74.